The highest BCUT2D eigenvalue weighted by atomic mass is 16.5. The van der Waals surface area contributed by atoms with Gasteiger partial charge in [-0.15, -0.1) is 0 Å². The van der Waals surface area contributed by atoms with Crippen molar-refractivity contribution in [1.82, 2.24) is 9.97 Å². The van der Waals surface area contributed by atoms with Crippen LogP contribution < -0.4 is 11.2 Å². The summed E-state index contributed by atoms with van der Waals surface area (Å²) in [6, 6.07) is 0. The van der Waals surface area contributed by atoms with Gasteiger partial charge >= 0.3 is 0 Å². The van der Waals surface area contributed by atoms with E-state index in [2.05, 4.69) is 34.3 Å². The number of anilines is 1. The molecule has 190 valence electrons. The summed E-state index contributed by atoms with van der Waals surface area (Å²) in [6.07, 6.45) is 14.9. The lowest BCUT2D eigenvalue weighted by Gasteiger charge is -2.64. The predicted octanol–water partition coefficient (Wildman–Crippen LogP) is 3.43. The Balaban J connectivity index is 1.32. The van der Waals surface area contributed by atoms with Gasteiger partial charge in [0.2, 0.25) is 5.95 Å². The third-order valence-electron chi connectivity index (χ3n) is 10.7. The first-order valence-corrected chi connectivity index (χ1v) is 13.3. The molecule has 4 saturated carbocycles. The maximum Gasteiger partial charge on any atom is 0.220 e. The van der Waals surface area contributed by atoms with E-state index in [9.17, 15) is 10.2 Å². The second kappa shape index (κ2) is 8.87. The summed E-state index contributed by atoms with van der Waals surface area (Å²) in [4.78, 5) is 7.07. The minimum Gasteiger partial charge on any atom is -0.389 e. The molecule has 4 fully saturated rings. The molecule has 4 aliphatic rings. The van der Waals surface area contributed by atoms with Crippen LogP contribution in [-0.2, 0) is 4.74 Å². The van der Waals surface area contributed by atoms with E-state index in [1.54, 1.807) is 18.6 Å². The van der Waals surface area contributed by atoms with Crippen LogP contribution in [0.2, 0.25) is 0 Å². The largest absolute Gasteiger partial charge is 0.389 e. The fourth-order valence-corrected chi connectivity index (χ4v) is 8.46. The Labute approximate surface area is 203 Å². The number of aliphatic hydroxyl groups is 2. The Bertz CT molecular complexity index is 880. The molecular weight excluding hydrogens is 430 g/mol. The topological polar surface area (TPSA) is 129 Å². The predicted molar refractivity (Wildman–Crippen MR) is 132 cm³/mol. The van der Waals surface area contributed by atoms with Crippen molar-refractivity contribution in [3.63, 3.8) is 0 Å². The molecule has 0 bridgehead atoms. The van der Waals surface area contributed by atoms with E-state index in [1.807, 2.05) is 0 Å². The summed E-state index contributed by atoms with van der Waals surface area (Å²) < 4.78 is 6.16. The van der Waals surface area contributed by atoms with Gasteiger partial charge < -0.3 is 25.7 Å². The summed E-state index contributed by atoms with van der Waals surface area (Å²) in [5.74, 6) is 1.91. The molecule has 6 N–H and O–H groups in total. The summed E-state index contributed by atoms with van der Waals surface area (Å²) in [6.45, 7) is 6.02. The lowest BCUT2D eigenvalue weighted by atomic mass is 9.43. The molecule has 34 heavy (non-hydrogen) atoms. The van der Waals surface area contributed by atoms with Gasteiger partial charge in [-0.05, 0) is 93.9 Å². The molecule has 0 spiro atoms. The second-order valence-corrected chi connectivity index (χ2v) is 11.9. The molecule has 8 heteroatoms. The van der Waals surface area contributed by atoms with Gasteiger partial charge in [0.25, 0.3) is 0 Å². The maximum absolute atomic E-state index is 12.3. The number of imidazole rings is 1. The fourth-order valence-electron chi connectivity index (χ4n) is 8.46. The van der Waals surface area contributed by atoms with Crippen LogP contribution in [0, 0.1) is 28.6 Å². The van der Waals surface area contributed by atoms with Crippen molar-refractivity contribution in [3.05, 3.63) is 12.4 Å². The van der Waals surface area contributed by atoms with Crippen LogP contribution in [0.3, 0.4) is 0 Å². The average molecular weight is 474 g/mol. The van der Waals surface area contributed by atoms with Crippen LogP contribution in [0.5, 0.6) is 0 Å². The molecule has 4 aliphatic carbocycles. The Morgan fingerprint density at radius 2 is 2.03 bits per heavy atom. The van der Waals surface area contributed by atoms with Gasteiger partial charge in [-0.2, -0.15) is 5.10 Å². The monoisotopic (exact) mass is 473 g/mol. The van der Waals surface area contributed by atoms with E-state index in [0.717, 1.165) is 58.0 Å². The number of nitrogens with zero attached hydrogens (tertiary/aromatic N) is 2. The third kappa shape index (κ3) is 3.64. The molecule has 8 atom stereocenters. The first-order chi connectivity index (χ1) is 16.3. The van der Waals surface area contributed by atoms with E-state index >= 15 is 0 Å². The molecule has 0 amide bonds. The van der Waals surface area contributed by atoms with E-state index in [1.165, 1.54) is 0 Å². The third-order valence-corrected chi connectivity index (χ3v) is 10.7. The first kappa shape index (κ1) is 24.2. The van der Waals surface area contributed by atoms with Crippen molar-refractivity contribution in [2.45, 2.75) is 95.4 Å². The van der Waals surface area contributed by atoms with Gasteiger partial charge in [-0.1, -0.05) is 13.8 Å². The SMILES string of the molecule is C[C@]12CCC(OCCCN)CC1CC[C@@H]1[C@H]2CC[C@]2(C)C(O)(/C=N/Nc3ncc[nH]3)CC[C@@]12O. The Morgan fingerprint density at radius 3 is 2.79 bits per heavy atom. The molecule has 0 saturated heterocycles. The molecular formula is C26H43N5O3. The number of hydrogen-bond acceptors (Lipinski definition) is 7. The highest BCUT2D eigenvalue weighted by Crippen LogP contribution is 2.69. The molecule has 5 rings (SSSR count). The minimum absolute atomic E-state index is 0.225. The molecule has 8 nitrogen and oxygen atoms in total. The molecule has 1 heterocycles. The lowest BCUT2D eigenvalue weighted by Crippen LogP contribution is -2.65. The van der Waals surface area contributed by atoms with Gasteiger partial charge in [-0.3, -0.25) is 0 Å². The van der Waals surface area contributed by atoms with Crippen molar-refractivity contribution in [1.29, 1.82) is 0 Å². The number of nitrogens with two attached hydrogens (primary N) is 1. The van der Waals surface area contributed by atoms with E-state index in [-0.39, 0.29) is 11.3 Å². The van der Waals surface area contributed by atoms with Gasteiger partial charge in [0, 0.05) is 24.4 Å². The quantitative estimate of drug-likeness (QED) is 0.234. The van der Waals surface area contributed by atoms with Crippen molar-refractivity contribution in [2.24, 2.45) is 39.4 Å². The Kier molecular flexibility index (Phi) is 6.32. The van der Waals surface area contributed by atoms with Gasteiger partial charge in [0.15, 0.2) is 0 Å². The number of aromatic nitrogens is 2. The number of fused-ring (bicyclic) bond motifs is 5. The first-order valence-electron chi connectivity index (χ1n) is 13.3. The number of H-pyrrole nitrogens is 1. The minimum atomic E-state index is -1.14. The molecule has 0 aromatic carbocycles. The molecule has 1 aromatic rings. The number of rotatable bonds is 7. The molecule has 3 unspecified atom stereocenters. The lowest BCUT2D eigenvalue weighted by molar-refractivity contribution is -0.225. The van der Waals surface area contributed by atoms with Crippen LogP contribution in [0.25, 0.3) is 0 Å². The summed E-state index contributed by atoms with van der Waals surface area (Å²) in [7, 11) is 0. The zero-order valence-electron chi connectivity index (χ0n) is 20.8. The highest BCUT2D eigenvalue weighted by Gasteiger charge is 2.71. The van der Waals surface area contributed by atoms with Crippen LogP contribution in [0.1, 0.15) is 78.1 Å². The molecule has 0 aliphatic heterocycles. The Morgan fingerprint density at radius 1 is 1.18 bits per heavy atom. The van der Waals surface area contributed by atoms with Crippen molar-refractivity contribution >= 4 is 12.2 Å². The van der Waals surface area contributed by atoms with Crippen LogP contribution in [0.4, 0.5) is 5.95 Å². The number of nitrogens with one attached hydrogen (secondary N) is 2. The van der Waals surface area contributed by atoms with Crippen molar-refractivity contribution < 1.29 is 14.9 Å². The summed E-state index contributed by atoms with van der Waals surface area (Å²) >= 11 is 0. The van der Waals surface area contributed by atoms with Crippen LogP contribution >= 0.6 is 0 Å². The van der Waals surface area contributed by atoms with Gasteiger partial charge in [-0.25, -0.2) is 10.4 Å². The van der Waals surface area contributed by atoms with Crippen molar-refractivity contribution in [2.75, 3.05) is 18.6 Å². The second-order valence-electron chi connectivity index (χ2n) is 11.9. The normalized spacial score (nSPS) is 46.1. The standard InChI is InChI=1S/C26H43N5O3/c1-23-8-6-19(34-15-3-12-27)16-18(23)4-5-21-20(23)7-9-24(2)25(32,10-11-26(21,24)33)17-30-31-22-28-13-14-29-22/h13-14,17-21,32-33H,3-12,15-16,27H2,1-2H3,(H2,28,29,31)/b30-17+/t18?,19?,20-,21-,23+,24-,25?,26-/m1/s1. The van der Waals surface area contributed by atoms with Crippen molar-refractivity contribution in [3.8, 4) is 0 Å². The highest BCUT2D eigenvalue weighted by molar-refractivity contribution is 5.72. The van der Waals surface area contributed by atoms with Gasteiger partial charge in [0.1, 0.15) is 5.60 Å². The van der Waals surface area contributed by atoms with E-state index < -0.39 is 16.6 Å². The summed E-state index contributed by atoms with van der Waals surface area (Å²) in [5, 5.41) is 28.4. The van der Waals surface area contributed by atoms with Gasteiger partial charge in [0.05, 0.1) is 17.9 Å². The van der Waals surface area contributed by atoms with E-state index in [0.29, 0.717) is 43.3 Å². The Hall–Kier alpha value is -1.48. The number of hydrogen-bond donors (Lipinski definition) is 5. The maximum atomic E-state index is 12.3. The zero-order chi connectivity index (χ0) is 24.0. The number of hydrazone groups is 1. The average Bonchev–Trinajstić information content (AvgIpc) is 3.40. The number of aromatic amines is 1. The molecule has 1 aromatic heterocycles. The number of ether oxygens (including phenoxy) is 1. The summed E-state index contributed by atoms with van der Waals surface area (Å²) in [5.41, 5.74) is 6.13. The van der Waals surface area contributed by atoms with Crippen LogP contribution in [0.15, 0.2) is 17.5 Å². The molecule has 0 radical (unpaired) electrons. The smallest absolute Gasteiger partial charge is 0.220 e. The van der Waals surface area contributed by atoms with E-state index in [4.69, 9.17) is 10.5 Å². The fraction of sp³-hybridized carbons (Fsp3) is 0.846. The zero-order valence-corrected chi connectivity index (χ0v) is 20.8. The van der Waals surface area contributed by atoms with Crippen LogP contribution in [-0.4, -0.2) is 56.9 Å².